The summed E-state index contributed by atoms with van der Waals surface area (Å²) in [5, 5.41) is 0. The number of hydrogen-bond donors (Lipinski definition) is 0. The van der Waals surface area contributed by atoms with Gasteiger partial charge in [-0.3, -0.25) is 0 Å². The van der Waals surface area contributed by atoms with Crippen molar-refractivity contribution in [3.05, 3.63) is 60.2 Å². The Morgan fingerprint density at radius 1 is 0.686 bits per heavy atom. The van der Waals surface area contributed by atoms with E-state index in [-0.39, 0.29) is 0 Å². The van der Waals surface area contributed by atoms with Crippen molar-refractivity contribution in [2.24, 2.45) is 41.4 Å². The van der Waals surface area contributed by atoms with E-state index in [4.69, 9.17) is 0 Å². The zero-order valence-electron chi connectivity index (χ0n) is 23.5. The van der Waals surface area contributed by atoms with E-state index in [2.05, 4.69) is 63.2 Å². The van der Waals surface area contributed by atoms with E-state index in [1.54, 1.807) is 16.7 Å². The van der Waals surface area contributed by atoms with Crippen LogP contribution in [0.5, 0.6) is 0 Å². The van der Waals surface area contributed by atoms with Crippen LogP contribution >= 0.6 is 0 Å². The van der Waals surface area contributed by atoms with E-state index < -0.39 is 18.4 Å². The third-order valence-electron chi connectivity index (χ3n) is 9.40. The number of benzene rings is 1. The first kappa shape index (κ1) is 27.5. The molecule has 1 aromatic rings. The fourth-order valence-corrected chi connectivity index (χ4v) is 8.12. The summed E-state index contributed by atoms with van der Waals surface area (Å²) in [6, 6.07) is 11.4. The first-order valence-electron chi connectivity index (χ1n) is 15.0. The van der Waals surface area contributed by atoms with Crippen LogP contribution in [0.1, 0.15) is 82.6 Å². The minimum atomic E-state index is -1.18. The van der Waals surface area contributed by atoms with Gasteiger partial charge in [-0.2, -0.15) is 0 Å². The second-order valence-corrected chi connectivity index (χ2v) is 31.9. The number of allylic oxidation sites excluding steroid dienone is 2. The van der Waals surface area contributed by atoms with E-state index in [1.807, 2.05) is 0 Å². The maximum absolute atomic E-state index is 4.32. The quantitative estimate of drug-likeness (QED) is 0.232. The molecule has 0 aromatic heterocycles. The average molecular weight is 582 g/mol. The summed E-state index contributed by atoms with van der Waals surface area (Å²) >= 11 is -1.18. The van der Waals surface area contributed by atoms with E-state index >= 15 is 0 Å². The number of fused-ring (bicyclic) bond motifs is 2. The second kappa shape index (κ2) is 12.4. The molecule has 4 aliphatic rings. The Morgan fingerprint density at radius 3 is 1.57 bits per heavy atom. The average Bonchev–Trinajstić information content (AvgIpc) is 3.33. The molecule has 0 saturated heterocycles. The number of hydrogen-bond acceptors (Lipinski definition) is 0. The monoisotopic (exact) mass is 582 g/mol. The van der Waals surface area contributed by atoms with Crippen LogP contribution in [0.3, 0.4) is 0 Å². The molecule has 0 spiro atoms. The standard InChI is InChI=1S/C30H42.4CH3.Sn/c1-21-12-27-10-8-24(19-29(27)14-21)17-26(16-23-6-4-3-5-7-23)18-25-9-11-28-13-22(2)15-30(28)20-25;;;;;/h3-7,24-30H,1-2,8-20H2;4*1H3;/t24-,25?,26?,27?,28?,29+,30+;;;;;/m0...../s1. The predicted molar refractivity (Wildman–Crippen MR) is 157 cm³/mol. The molecule has 4 unspecified atom stereocenters. The van der Waals surface area contributed by atoms with Gasteiger partial charge < -0.3 is 0 Å². The van der Waals surface area contributed by atoms with Crippen LogP contribution in [0.2, 0.25) is 19.8 Å². The summed E-state index contributed by atoms with van der Waals surface area (Å²) in [6.45, 7) is 8.65. The SMILES string of the molecule is C=C1CC2CCC(CC(Cc3ccccc3)C[C@@H]3CCC4CC(=C)C[C@@H]4C3)C[C@H]2C1.[CH3][Sn]([CH3])([CH3])[CH3]. The zero-order valence-corrected chi connectivity index (χ0v) is 26.4. The Morgan fingerprint density at radius 2 is 1.11 bits per heavy atom. The Labute approximate surface area is 222 Å². The maximum atomic E-state index is 4.32. The molecule has 0 amide bonds. The first-order valence-corrected chi connectivity index (χ1v) is 26.4. The van der Waals surface area contributed by atoms with Crippen molar-refractivity contribution in [2.75, 3.05) is 0 Å². The van der Waals surface area contributed by atoms with Crippen molar-refractivity contribution in [3.63, 3.8) is 0 Å². The van der Waals surface area contributed by atoms with Crippen LogP contribution in [-0.2, 0) is 6.42 Å². The van der Waals surface area contributed by atoms with Crippen LogP contribution in [0, 0.1) is 41.4 Å². The fourth-order valence-electron chi connectivity index (χ4n) is 8.12. The van der Waals surface area contributed by atoms with Crippen molar-refractivity contribution < 1.29 is 0 Å². The Bertz CT molecular complexity index is 780. The van der Waals surface area contributed by atoms with Crippen molar-refractivity contribution in [1.82, 2.24) is 0 Å². The molecule has 194 valence electrons. The van der Waals surface area contributed by atoms with Gasteiger partial charge in [0.2, 0.25) is 0 Å². The van der Waals surface area contributed by atoms with Crippen molar-refractivity contribution >= 4 is 18.4 Å². The summed E-state index contributed by atoms with van der Waals surface area (Å²) in [7, 11) is 0. The molecule has 4 saturated carbocycles. The van der Waals surface area contributed by atoms with E-state index in [9.17, 15) is 0 Å². The van der Waals surface area contributed by atoms with Gasteiger partial charge in [0, 0.05) is 0 Å². The zero-order chi connectivity index (χ0) is 25.0. The molecule has 0 N–H and O–H groups in total. The molecule has 0 bridgehead atoms. The minimum absolute atomic E-state index is 0.879. The van der Waals surface area contributed by atoms with Crippen LogP contribution in [0.4, 0.5) is 0 Å². The summed E-state index contributed by atoms with van der Waals surface area (Å²) in [6.07, 6.45) is 18.5. The summed E-state index contributed by atoms with van der Waals surface area (Å²) in [5.41, 5.74) is 4.65. The predicted octanol–water partition coefficient (Wildman–Crippen LogP) is 10.3. The molecule has 4 aliphatic carbocycles. The Hall–Kier alpha value is -0.501. The molecule has 1 aromatic carbocycles. The third kappa shape index (κ3) is 8.79. The van der Waals surface area contributed by atoms with Gasteiger partial charge in [0.25, 0.3) is 0 Å². The van der Waals surface area contributed by atoms with Crippen LogP contribution in [0.25, 0.3) is 0 Å². The van der Waals surface area contributed by atoms with Crippen molar-refractivity contribution in [3.8, 4) is 0 Å². The van der Waals surface area contributed by atoms with Gasteiger partial charge in [0.05, 0.1) is 0 Å². The van der Waals surface area contributed by atoms with E-state index in [0.717, 1.165) is 41.4 Å². The molecule has 4 fully saturated rings. The molecule has 7 atom stereocenters. The molecule has 1 heteroatoms. The van der Waals surface area contributed by atoms with Crippen molar-refractivity contribution in [1.29, 1.82) is 0 Å². The Kier molecular flexibility index (Phi) is 9.72. The van der Waals surface area contributed by atoms with Crippen molar-refractivity contribution in [2.45, 2.75) is 103 Å². The normalized spacial score (nSPS) is 33.5. The molecule has 35 heavy (non-hydrogen) atoms. The van der Waals surface area contributed by atoms with E-state index in [0.29, 0.717) is 0 Å². The van der Waals surface area contributed by atoms with E-state index in [1.165, 1.54) is 83.5 Å². The van der Waals surface area contributed by atoms with Crippen LogP contribution in [0.15, 0.2) is 54.6 Å². The molecular formula is C34H54Sn. The summed E-state index contributed by atoms with van der Waals surface area (Å²) < 4.78 is 0. The molecule has 5 rings (SSSR count). The molecule has 0 aliphatic heterocycles. The number of rotatable bonds is 6. The topological polar surface area (TPSA) is 0 Å². The van der Waals surface area contributed by atoms with Gasteiger partial charge in [-0.1, -0.05) is 67.5 Å². The second-order valence-electron chi connectivity index (χ2n) is 14.7. The van der Waals surface area contributed by atoms with Gasteiger partial charge in [0.15, 0.2) is 0 Å². The van der Waals surface area contributed by atoms with Gasteiger partial charge in [-0.25, -0.2) is 0 Å². The van der Waals surface area contributed by atoms with Gasteiger partial charge in [0.1, 0.15) is 0 Å². The van der Waals surface area contributed by atoms with Crippen LogP contribution in [-0.4, -0.2) is 18.4 Å². The molecule has 0 heterocycles. The first-order chi connectivity index (χ1) is 16.6. The molecular weight excluding hydrogens is 527 g/mol. The van der Waals surface area contributed by atoms with Gasteiger partial charge in [-0.05, 0) is 118 Å². The van der Waals surface area contributed by atoms with Crippen LogP contribution < -0.4 is 0 Å². The fraction of sp³-hybridized carbons (Fsp3) is 0.706. The Balaban J connectivity index is 0.000000527. The van der Waals surface area contributed by atoms with Gasteiger partial charge >= 0.3 is 38.1 Å². The summed E-state index contributed by atoms with van der Waals surface area (Å²) in [4.78, 5) is 9.59. The van der Waals surface area contributed by atoms with Gasteiger partial charge in [-0.15, -0.1) is 0 Å². The molecule has 0 nitrogen and oxygen atoms in total. The summed E-state index contributed by atoms with van der Waals surface area (Å²) in [5.74, 6) is 6.70. The third-order valence-corrected chi connectivity index (χ3v) is 9.40. The molecule has 0 radical (unpaired) electrons.